The Labute approximate surface area is 227 Å². The maximum atomic E-state index is 13.6. The molecule has 38 heavy (non-hydrogen) atoms. The first-order valence-electron chi connectivity index (χ1n) is 13.3. The number of hydrogen-bond donors (Lipinski definition) is 1. The van der Waals surface area contributed by atoms with Gasteiger partial charge in [0.2, 0.25) is 5.91 Å². The summed E-state index contributed by atoms with van der Waals surface area (Å²) in [4.78, 5) is 36.7. The number of halogens is 1. The zero-order chi connectivity index (χ0) is 26.1. The number of carbonyl (C=O) groups excluding carboxylic acids is 1. The highest BCUT2D eigenvalue weighted by molar-refractivity contribution is 6.31. The van der Waals surface area contributed by atoms with Gasteiger partial charge in [-0.2, -0.15) is 0 Å². The number of aromatic nitrogens is 1. The molecule has 6 nitrogen and oxygen atoms in total. The fraction of sp³-hybridized carbons (Fsp3) is 0.290. The fourth-order valence-electron chi connectivity index (χ4n) is 5.92. The second kappa shape index (κ2) is 10.5. The van der Waals surface area contributed by atoms with E-state index < -0.39 is 0 Å². The van der Waals surface area contributed by atoms with Crippen molar-refractivity contribution in [2.75, 3.05) is 49.1 Å². The predicted molar refractivity (Wildman–Crippen MR) is 155 cm³/mol. The van der Waals surface area contributed by atoms with Crippen LogP contribution in [-0.2, 0) is 4.79 Å². The standard InChI is InChI=1S/C31H31ClN4O2/c32-24-13-14-27-26(20-24)28(22-8-3-1-4-9-22)29(30(37)33-27)36-15-7-10-23(21-36)31(38)35-18-16-34(17-19-35)25-11-5-2-6-12-25/h1-6,8-9,11-14,20,23H,7,10,15-19,21H2,(H,33,37). The molecule has 3 aromatic carbocycles. The molecule has 0 radical (unpaired) electrons. The van der Waals surface area contributed by atoms with Gasteiger partial charge in [-0.05, 0) is 48.7 Å². The molecule has 0 spiro atoms. The lowest BCUT2D eigenvalue weighted by Gasteiger charge is -2.40. The molecule has 2 saturated heterocycles. The van der Waals surface area contributed by atoms with E-state index in [0.717, 1.165) is 54.5 Å². The highest BCUT2D eigenvalue weighted by atomic mass is 35.5. The SMILES string of the molecule is O=C(C1CCCN(c2c(-c3ccccc3)c3cc(Cl)ccc3[nH]c2=O)C1)N1CCN(c2ccccc2)CC1. The smallest absolute Gasteiger partial charge is 0.272 e. The number of pyridine rings is 1. The number of para-hydroxylation sites is 1. The van der Waals surface area contributed by atoms with Crippen molar-refractivity contribution in [3.63, 3.8) is 0 Å². The van der Waals surface area contributed by atoms with Gasteiger partial charge in [0.15, 0.2) is 0 Å². The molecule has 3 heterocycles. The normalized spacial score (nSPS) is 18.1. The largest absolute Gasteiger partial charge is 0.368 e. The van der Waals surface area contributed by atoms with E-state index in [1.54, 1.807) is 6.07 Å². The Hall–Kier alpha value is -3.77. The van der Waals surface area contributed by atoms with E-state index >= 15 is 0 Å². The van der Waals surface area contributed by atoms with Gasteiger partial charge in [-0.25, -0.2) is 0 Å². The van der Waals surface area contributed by atoms with Crippen LogP contribution >= 0.6 is 11.6 Å². The van der Waals surface area contributed by atoms with E-state index in [0.29, 0.717) is 30.3 Å². The van der Waals surface area contributed by atoms with Crippen molar-refractivity contribution in [3.05, 3.63) is 94.2 Å². The minimum atomic E-state index is -0.136. The van der Waals surface area contributed by atoms with Crippen molar-refractivity contribution in [1.82, 2.24) is 9.88 Å². The van der Waals surface area contributed by atoms with Crippen LogP contribution in [0.5, 0.6) is 0 Å². The molecule has 6 rings (SSSR count). The number of piperazine rings is 1. The lowest BCUT2D eigenvalue weighted by Crippen LogP contribution is -2.53. The summed E-state index contributed by atoms with van der Waals surface area (Å²) in [6.45, 7) is 4.36. The van der Waals surface area contributed by atoms with Crippen LogP contribution in [0.3, 0.4) is 0 Å². The summed E-state index contributed by atoms with van der Waals surface area (Å²) in [5, 5.41) is 1.53. The number of aromatic amines is 1. The summed E-state index contributed by atoms with van der Waals surface area (Å²) in [6.07, 6.45) is 1.70. The number of benzene rings is 3. The summed E-state index contributed by atoms with van der Waals surface area (Å²) in [5.41, 5.74) is 4.28. The first kappa shape index (κ1) is 24.6. The Balaban J connectivity index is 1.27. The zero-order valence-electron chi connectivity index (χ0n) is 21.3. The van der Waals surface area contributed by atoms with Crippen LogP contribution in [0.25, 0.3) is 22.0 Å². The van der Waals surface area contributed by atoms with Gasteiger partial charge in [0.1, 0.15) is 5.69 Å². The van der Waals surface area contributed by atoms with Crippen molar-refractivity contribution in [1.29, 1.82) is 0 Å². The highest BCUT2D eigenvalue weighted by Gasteiger charge is 2.33. The number of carbonyl (C=O) groups is 1. The van der Waals surface area contributed by atoms with Crippen LogP contribution < -0.4 is 15.4 Å². The van der Waals surface area contributed by atoms with Gasteiger partial charge < -0.3 is 19.7 Å². The molecule has 7 heteroatoms. The molecule has 2 aliphatic rings. The molecule has 0 bridgehead atoms. The molecule has 1 N–H and O–H groups in total. The Morgan fingerprint density at radius 2 is 1.55 bits per heavy atom. The van der Waals surface area contributed by atoms with Crippen LogP contribution in [0, 0.1) is 5.92 Å². The van der Waals surface area contributed by atoms with E-state index in [-0.39, 0.29) is 17.4 Å². The number of anilines is 2. The molecule has 2 fully saturated rings. The molecular formula is C31H31ClN4O2. The van der Waals surface area contributed by atoms with Crippen molar-refractivity contribution >= 4 is 39.8 Å². The monoisotopic (exact) mass is 526 g/mol. The number of hydrogen-bond acceptors (Lipinski definition) is 4. The van der Waals surface area contributed by atoms with Crippen LogP contribution in [-0.4, -0.2) is 55.1 Å². The summed E-state index contributed by atoms with van der Waals surface area (Å²) in [6, 6.07) is 25.9. The zero-order valence-corrected chi connectivity index (χ0v) is 22.0. The predicted octanol–water partition coefficient (Wildman–Crippen LogP) is 5.41. The number of fused-ring (bicyclic) bond motifs is 1. The second-order valence-electron chi connectivity index (χ2n) is 10.2. The van der Waals surface area contributed by atoms with Gasteiger partial charge in [0, 0.05) is 66.4 Å². The average molecular weight is 527 g/mol. The summed E-state index contributed by atoms with van der Waals surface area (Å²) >= 11 is 6.40. The molecular weight excluding hydrogens is 496 g/mol. The lowest BCUT2D eigenvalue weighted by atomic mass is 9.93. The van der Waals surface area contributed by atoms with Gasteiger partial charge >= 0.3 is 0 Å². The number of amides is 1. The Morgan fingerprint density at radius 1 is 0.842 bits per heavy atom. The lowest BCUT2D eigenvalue weighted by molar-refractivity contribution is -0.136. The number of nitrogens with one attached hydrogen (secondary N) is 1. The van der Waals surface area contributed by atoms with Gasteiger partial charge in [0.25, 0.3) is 5.56 Å². The molecule has 1 unspecified atom stereocenters. The number of piperidine rings is 1. The molecule has 0 aliphatic carbocycles. The minimum absolute atomic E-state index is 0.134. The summed E-state index contributed by atoms with van der Waals surface area (Å²) in [7, 11) is 0. The van der Waals surface area contributed by atoms with Crippen LogP contribution in [0.15, 0.2) is 83.7 Å². The summed E-state index contributed by atoms with van der Waals surface area (Å²) < 4.78 is 0. The van der Waals surface area contributed by atoms with E-state index in [1.807, 2.05) is 53.4 Å². The Morgan fingerprint density at radius 3 is 2.29 bits per heavy atom. The first-order chi connectivity index (χ1) is 18.6. The van der Waals surface area contributed by atoms with E-state index in [1.165, 1.54) is 5.69 Å². The van der Waals surface area contributed by atoms with E-state index in [4.69, 9.17) is 11.6 Å². The molecule has 0 saturated carbocycles. The average Bonchev–Trinajstić information content (AvgIpc) is 2.97. The van der Waals surface area contributed by atoms with Crippen molar-refractivity contribution in [3.8, 4) is 11.1 Å². The maximum Gasteiger partial charge on any atom is 0.272 e. The molecule has 1 amide bonds. The Kier molecular flexibility index (Phi) is 6.81. The fourth-order valence-corrected chi connectivity index (χ4v) is 6.09. The first-order valence-corrected chi connectivity index (χ1v) is 13.7. The third-order valence-electron chi connectivity index (χ3n) is 7.81. The highest BCUT2D eigenvalue weighted by Crippen LogP contribution is 2.37. The van der Waals surface area contributed by atoms with Crippen molar-refractivity contribution < 1.29 is 4.79 Å². The number of nitrogens with zero attached hydrogens (tertiary/aromatic N) is 3. The molecule has 4 aromatic rings. The molecule has 1 atom stereocenters. The van der Waals surface area contributed by atoms with Gasteiger partial charge in [-0.15, -0.1) is 0 Å². The second-order valence-corrected chi connectivity index (χ2v) is 10.6. The van der Waals surface area contributed by atoms with Gasteiger partial charge in [-0.3, -0.25) is 9.59 Å². The molecule has 1 aromatic heterocycles. The van der Waals surface area contributed by atoms with E-state index in [9.17, 15) is 9.59 Å². The maximum absolute atomic E-state index is 13.6. The van der Waals surface area contributed by atoms with Gasteiger partial charge in [0.05, 0.1) is 5.92 Å². The van der Waals surface area contributed by atoms with Crippen molar-refractivity contribution in [2.45, 2.75) is 12.8 Å². The molecule has 2 aliphatic heterocycles. The third-order valence-corrected chi connectivity index (χ3v) is 8.05. The van der Waals surface area contributed by atoms with Crippen LogP contribution in [0.4, 0.5) is 11.4 Å². The molecule has 194 valence electrons. The Bertz CT molecular complexity index is 1500. The van der Waals surface area contributed by atoms with Crippen molar-refractivity contribution in [2.24, 2.45) is 5.92 Å². The van der Waals surface area contributed by atoms with E-state index in [2.05, 4.69) is 39.0 Å². The minimum Gasteiger partial charge on any atom is -0.368 e. The third kappa shape index (κ3) is 4.76. The quantitative estimate of drug-likeness (QED) is 0.386. The number of H-pyrrole nitrogens is 1. The summed E-state index contributed by atoms with van der Waals surface area (Å²) in [5.74, 6) is 0.0639. The topological polar surface area (TPSA) is 59.7 Å². The number of rotatable bonds is 4. The van der Waals surface area contributed by atoms with Crippen LogP contribution in [0.1, 0.15) is 12.8 Å². The van der Waals surface area contributed by atoms with Crippen LogP contribution in [0.2, 0.25) is 5.02 Å². The van der Waals surface area contributed by atoms with Gasteiger partial charge in [-0.1, -0.05) is 60.1 Å².